The lowest BCUT2D eigenvalue weighted by atomic mass is 10.3. The van der Waals surface area contributed by atoms with Gasteiger partial charge in [0.05, 0.1) is 12.0 Å². The molecular weight excluding hydrogens is 126 g/mol. The number of rotatable bonds is 0. The fourth-order valence-electron chi connectivity index (χ4n) is 1.32. The minimum atomic E-state index is 1.04. The molecule has 0 atom stereocenters. The summed E-state index contributed by atoms with van der Waals surface area (Å²) in [6.45, 7) is 3.27. The summed E-state index contributed by atoms with van der Waals surface area (Å²) in [5, 5.41) is 0. The van der Waals surface area contributed by atoms with Crippen LogP contribution in [-0.4, -0.2) is 28.0 Å². The number of aromatic nitrogens is 2. The van der Waals surface area contributed by atoms with Gasteiger partial charge < -0.3 is 4.57 Å². The average molecular weight is 137 g/mol. The van der Waals surface area contributed by atoms with Crippen molar-refractivity contribution >= 4 is 0 Å². The van der Waals surface area contributed by atoms with E-state index in [1.54, 1.807) is 0 Å². The van der Waals surface area contributed by atoms with Gasteiger partial charge in [-0.15, -0.1) is 0 Å². The van der Waals surface area contributed by atoms with Crippen LogP contribution in [0.4, 0.5) is 0 Å². The number of fused-ring (bicyclic) bond motifs is 1. The summed E-state index contributed by atoms with van der Waals surface area (Å²) in [5.41, 5.74) is 1.33. The first-order chi connectivity index (χ1) is 4.86. The molecule has 0 aliphatic carbocycles. The zero-order valence-electron chi connectivity index (χ0n) is 6.12. The SMILES string of the molecule is CN1CCn2cncc2C1. The number of nitrogens with zero attached hydrogens (tertiary/aromatic N) is 3. The first-order valence-electron chi connectivity index (χ1n) is 3.54. The number of hydrogen-bond acceptors (Lipinski definition) is 2. The van der Waals surface area contributed by atoms with Gasteiger partial charge in [0, 0.05) is 25.8 Å². The van der Waals surface area contributed by atoms with Gasteiger partial charge in [-0.3, -0.25) is 4.90 Å². The van der Waals surface area contributed by atoms with Crippen LogP contribution >= 0.6 is 0 Å². The molecule has 1 aliphatic heterocycles. The first kappa shape index (κ1) is 5.92. The molecule has 0 saturated heterocycles. The van der Waals surface area contributed by atoms with Gasteiger partial charge >= 0.3 is 0 Å². The molecule has 0 amide bonds. The molecule has 0 aromatic carbocycles. The van der Waals surface area contributed by atoms with Crippen LogP contribution in [-0.2, 0) is 13.1 Å². The summed E-state index contributed by atoms with van der Waals surface area (Å²) in [7, 11) is 2.14. The maximum atomic E-state index is 4.07. The van der Waals surface area contributed by atoms with Gasteiger partial charge in [-0.05, 0) is 7.05 Å². The third-order valence-electron chi connectivity index (χ3n) is 1.95. The third-order valence-corrected chi connectivity index (χ3v) is 1.95. The van der Waals surface area contributed by atoms with Gasteiger partial charge in [-0.1, -0.05) is 0 Å². The van der Waals surface area contributed by atoms with E-state index in [1.165, 1.54) is 5.69 Å². The lowest BCUT2D eigenvalue weighted by molar-refractivity contribution is 0.270. The Hall–Kier alpha value is -0.830. The smallest absolute Gasteiger partial charge is 0.0949 e. The standard InChI is InChI=1S/C7H11N3/c1-9-2-3-10-6-8-4-7(10)5-9/h4,6H,2-3,5H2,1H3. The summed E-state index contributed by atoms with van der Waals surface area (Å²) in [6.07, 6.45) is 3.85. The maximum Gasteiger partial charge on any atom is 0.0949 e. The van der Waals surface area contributed by atoms with Crippen LogP contribution in [0.15, 0.2) is 12.5 Å². The van der Waals surface area contributed by atoms with Crippen molar-refractivity contribution in [1.82, 2.24) is 14.5 Å². The van der Waals surface area contributed by atoms with Gasteiger partial charge in [-0.25, -0.2) is 4.98 Å². The largest absolute Gasteiger partial charge is 0.332 e. The molecule has 3 nitrogen and oxygen atoms in total. The second kappa shape index (κ2) is 2.09. The lowest BCUT2D eigenvalue weighted by Crippen LogP contribution is -2.29. The van der Waals surface area contributed by atoms with Crippen molar-refractivity contribution in [2.75, 3.05) is 13.6 Å². The van der Waals surface area contributed by atoms with Crippen LogP contribution < -0.4 is 0 Å². The topological polar surface area (TPSA) is 21.1 Å². The summed E-state index contributed by atoms with van der Waals surface area (Å²) in [4.78, 5) is 6.38. The van der Waals surface area contributed by atoms with E-state index in [0.29, 0.717) is 0 Å². The molecule has 10 heavy (non-hydrogen) atoms. The van der Waals surface area contributed by atoms with Crippen LogP contribution in [0.5, 0.6) is 0 Å². The van der Waals surface area contributed by atoms with Crippen molar-refractivity contribution < 1.29 is 0 Å². The monoisotopic (exact) mass is 137 g/mol. The lowest BCUT2D eigenvalue weighted by Gasteiger charge is -2.23. The van der Waals surface area contributed by atoms with Crippen LogP contribution in [0.3, 0.4) is 0 Å². The Morgan fingerprint density at radius 2 is 2.40 bits per heavy atom. The van der Waals surface area contributed by atoms with E-state index in [4.69, 9.17) is 0 Å². The molecule has 3 heteroatoms. The predicted molar refractivity (Wildman–Crippen MR) is 38.6 cm³/mol. The molecular formula is C7H11N3. The summed E-state index contributed by atoms with van der Waals surface area (Å²) in [5.74, 6) is 0. The number of likely N-dealkylation sites (N-methyl/N-ethyl adjacent to an activating group) is 1. The van der Waals surface area contributed by atoms with Crippen LogP contribution in [0.2, 0.25) is 0 Å². The highest BCUT2D eigenvalue weighted by Gasteiger charge is 2.10. The van der Waals surface area contributed by atoms with Crippen molar-refractivity contribution in [2.24, 2.45) is 0 Å². The molecule has 0 N–H and O–H groups in total. The van der Waals surface area contributed by atoms with Crippen LogP contribution in [0, 0.1) is 0 Å². The molecule has 0 unspecified atom stereocenters. The fourth-order valence-corrected chi connectivity index (χ4v) is 1.32. The van der Waals surface area contributed by atoms with Crippen molar-refractivity contribution in [2.45, 2.75) is 13.1 Å². The van der Waals surface area contributed by atoms with E-state index < -0.39 is 0 Å². The average Bonchev–Trinajstić information content (AvgIpc) is 2.33. The molecule has 1 aromatic rings. The first-order valence-corrected chi connectivity index (χ1v) is 3.54. The molecule has 1 aromatic heterocycles. The Kier molecular flexibility index (Phi) is 1.24. The second-order valence-electron chi connectivity index (χ2n) is 2.82. The third kappa shape index (κ3) is 0.827. The highest BCUT2D eigenvalue weighted by Crippen LogP contribution is 2.08. The van der Waals surface area contributed by atoms with Gasteiger partial charge in [0.25, 0.3) is 0 Å². The molecule has 0 bridgehead atoms. The number of imidazole rings is 1. The van der Waals surface area contributed by atoms with Gasteiger partial charge in [0.1, 0.15) is 0 Å². The molecule has 2 heterocycles. The Morgan fingerprint density at radius 1 is 1.50 bits per heavy atom. The van der Waals surface area contributed by atoms with E-state index in [9.17, 15) is 0 Å². The Labute approximate surface area is 60.3 Å². The van der Waals surface area contributed by atoms with Crippen LogP contribution in [0.25, 0.3) is 0 Å². The summed E-state index contributed by atoms with van der Waals surface area (Å²) in [6, 6.07) is 0. The van der Waals surface area contributed by atoms with Crippen molar-refractivity contribution in [3.63, 3.8) is 0 Å². The van der Waals surface area contributed by atoms with E-state index in [2.05, 4.69) is 21.5 Å². The van der Waals surface area contributed by atoms with Gasteiger partial charge in [0.2, 0.25) is 0 Å². The minimum absolute atomic E-state index is 1.04. The fraction of sp³-hybridized carbons (Fsp3) is 0.571. The molecule has 1 aliphatic rings. The molecule has 0 radical (unpaired) electrons. The predicted octanol–water partition coefficient (Wildman–Crippen LogP) is 0.329. The van der Waals surface area contributed by atoms with E-state index >= 15 is 0 Å². The quantitative estimate of drug-likeness (QED) is 0.513. The molecule has 0 saturated carbocycles. The second-order valence-corrected chi connectivity index (χ2v) is 2.82. The maximum absolute atomic E-state index is 4.07. The zero-order chi connectivity index (χ0) is 6.97. The molecule has 0 fully saturated rings. The Morgan fingerprint density at radius 3 is 3.30 bits per heavy atom. The van der Waals surface area contributed by atoms with E-state index in [1.807, 2.05) is 12.5 Å². The van der Waals surface area contributed by atoms with E-state index in [-0.39, 0.29) is 0 Å². The summed E-state index contributed by atoms with van der Waals surface area (Å²) >= 11 is 0. The summed E-state index contributed by atoms with van der Waals surface area (Å²) < 4.78 is 2.21. The van der Waals surface area contributed by atoms with Gasteiger partial charge in [0.15, 0.2) is 0 Å². The highest BCUT2D eigenvalue weighted by molar-refractivity contribution is 5.00. The van der Waals surface area contributed by atoms with Crippen molar-refractivity contribution in [1.29, 1.82) is 0 Å². The zero-order valence-corrected chi connectivity index (χ0v) is 6.12. The van der Waals surface area contributed by atoms with E-state index in [0.717, 1.165) is 19.6 Å². The molecule has 0 spiro atoms. The highest BCUT2D eigenvalue weighted by atomic mass is 15.2. The minimum Gasteiger partial charge on any atom is -0.332 e. The normalized spacial score (nSPS) is 18.9. The van der Waals surface area contributed by atoms with Crippen molar-refractivity contribution in [3.8, 4) is 0 Å². The van der Waals surface area contributed by atoms with Crippen molar-refractivity contribution in [3.05, 3.63) is 18.2 Å². The van der Waals surface area contributed by atoms with Crippen LogP contribution in [0.1, 0.15) is 5.69 Å². The Bertz CT molecular complexity index is 229. The Balaban J connectivity index is 2.30. The molecule has 2 rings (SSSR count). The van der Waals surface area contributed by atoms with Gasteiger partial charge in [-0.2, -0.15) is 0 Å². The molecule has 54 valence electrons. The number of hydrogen-bond donors (Lipinski definition) is 0.